The highest BCUT2D eigenvalue weighted by Gasteiger charge is 2.15. The van der Waals surface area contributed by atoms with Crippen LogP contribution in [0.1, 0.15) is 18.2 Å². The van der Waals surface area contributed by atoms with Crippen molar-refractivity contribution in [2.24, 2.45) is 0 Å². The first-order chi connectivity index (χ1) is 11.8. The van der Waals surface area contributed by atoms with E-state index in [0.29, 0.717) is 0 Å². The van der Waals surface area contributed by atoms with Crippen LogP contribution >= 0.6 is 0 Å². The number of fused-ring (bicyclic) bond motifs is 2. The highest BCUT2D eigenvalue weighted by molar-refractivity contribution is 6.04. The molecule has 0 aliphatic rings. The van der Waals surface area contributed by atoms with Gasteiger partial charge in [-0.25, -0.2) is 0 Å². The zero-order chi connectivity index (χ0) is 16.5. The Kier molecular flexibility index (Phi) is 3.73. The second kappa shape index (κ2) is 6.04. The summed E-state index contributed by atoms with van der Waals surface area (Å²) >= 11 is 0. The lowest BCUT2D eigenvalue weighted by atomic mass is 10.1. The number of hydrogen-bond donors (Lipinski definition) is 0. The molecule has 3 aromatic carbocycles. The van der Waals surface area contributed by atoms with Crippen molar-refractivity contribution in [2.75, 3.05) is 7.11 Å². The van der Waals surface area contributed by atoms with Gasteiger partial charge in [-0.3, -0.25) is 0 Å². The minimum Gasteiger partial charge on any atom is -0.495 e. The Bertz CT molecular complexity index is 999. The number of methoxy groups -OCH3 is 1. The van der Waals surface area contributed by atoms with Gasteiger partial charge in [0.25, 0.3) is 0 Å². The minimum absolute atomic E-state index is 0.884. The summed E-state index contributed by atoms with van der Waals surface area (Å²) in [6, 6.07) is 23.6. The largest absolute Gasteiger partial charge is 0.495 e. The molecule has 1 aromatic heterocycles. The SMILES string of the molecule is CCc1cc2c(OC)c3ccccc3cc2n1Cc1ccccc1. The fourth-order valence-electron chi connectivity index (χ4n) is 3.54. The molecule has 2 nitrogen and oxygen atoms in total. The lowest BCUT2D eigenvalue weighted by Crippen LogP contribution is -2.03. The molecule has 1 heterocycles. The minimum atomic E-state index is 0.884. The van der Waals surface area contributed by atoms with E-state index in [1.807, 2.05) is 0 Å². The lowest BCUT2D eigenvalue weighted by molar-refractivity contribution is 0.424. The predicted octanol–water partition coefficient (Wildman–Crippen LogP) is 5.41. The molecule has 0 bridgehead atoms. The summed E-state index contributed by atoms with van der Waals surface area (Å²) in [4.78, 5) is 0. The molecule has 0 saturated heterocycles. The Morgan fingerprint density at radius 2 is 1.62 bits per heavy atom. The van der Waals surface area contributed by atoms with Crippen LogP contribution in [0.2, 0.25) is 0 Å². The standard InChI is InChI=1S/C22H21NO/c1-3-18-14-20-21(23(18)15-16-9-5-4-6-10-16)13-17-11-7-8-12-19(17)22(20)24-2/h4-14H,3,15H2,1-2H3. The maximum atomic E-state index is 5.79. The normalized spacial score (nSPS) is 11.2. The van der Waals surface area contributed by atoms with Crippen molar-refractivity contribution < 1.29 is 4.74 Å². The van der Waals surface area contributed by atoms with Crippen LogP contribution in [0.4, 0.5) is 0 Å². The van der Waals surface area contributed by atoms with E-state index in [-0.39, 0.29) is 0 Å². The van der Waals surface area contributed by atoms with Crippen LogP contribution in [0, 0.1) is 0 Å². The summed E-state index contributed by atoms with van der Waals surface area (Å²) in [5.41, 5.74) is 3.89. The molecule has 0 aliphatic heterocycles. The van der Waals surface area contributed by atoms with Crippen LogP contribution < -0.4 is 4.74 Å². The van der Waals surface area contributed by atoms with Gasteiger partial charge in [0.1, 0.15) is 5.75 Å². The van der Waals surface area contributed by atoms with Gasteiger partial charge >= 0.3 is 0 Å². The number of aryl methyl sites for hydroxylation is 1. The van der Waals surface area contributed by atoms with E-state index in [1.54, 1.807) is 7.11 Å². The van der Waals surface area contributed by atoms with E-state index in [0.717, 1.165) is 18.7 Å². The van der Waals surface area contributed by atoms with Gasteiger partial charge in [-0.2, -0.15) is 0 Å². The molecule has 0 aliphatic carbocycles. The van der Waals surface area contributed by atoms with Gasteiger partial charge in [0.05, 0.1) is 12.6 Å². The highest BCUT2D eigenvalue weighted by atomic mass is 16.5. The van der Waals surface area contributed by atoms with E-state index in [2.05, 4.69) is 78.2 Å². The summed E-state index contributed by atoms with van der Waals surface area (Å²) in [5.74, 6) is 0.976. The maximum absolute atomic E-state index is 5.79. The molecule has 4 aromatic rings. The van der Waals surface area contributed by atoms with Gasteiger partial charge in [0.2, 0.25) is 0 Å². The van der Waals surface area contributed by atoms with Crippen LogP contribution in [-0.4, -0.2) is 11.7 Å². The van der Waals surface area contributed by atoms with E-state index in [4.69, 9.17) is 4.74 Å². The Morgan fingerprint density at radius 3 is 2.38 bits per heavy atom. The second-order valence-corrected chi connectivity index (χ2v) is 6.12. The van der Waals surface area contributed by atoms with Gasteiger partial charge in [-0.15, -0.1) is 0 Å². The molecule has 2 heteroatoms. The molecule has 120 valence electrons. The monoisotopic (exact) mass is 315 g/mol. The van der Waals surface area contributed by atoms with Crippen molar-refractivity contribution in [3.8, 4) is 5.75 Å². The summed E-state index contributed by atoms with van der Waals surface area (Å²) < 4.78 is 8.21. The van der Waals surface area contributed by atoms with Crippen LogP contribution in [-0.2, 0) is 13.0 Å². The van der Waals surface area contributed by atoms with E-state index >= 15 is 0 Å². The van der Waals surface area contributed by atoms with Crippen LogP contribution in [0.3, 0.4) is 0 Å². The molecule has 0 fully saturated rings. The fourth-order valence-corrected chi connectivity index (χ4v) is 3.54. The predicted molar refractivity (Wildman–Crippen MR) is 101 cm³/mol. The molecule has 0 radical (unpaired) electrons. The molecule has 0 spiro atoms. The molecule has 24 heavy (non-hydrogen) atoms. The zero-order valence-corrected chi connectivity index (χ0v) is 14.1. The van der Waals surface area contributed by atoms with Crippen molar-refractivity contribution in [2.45, 2.75) is 19.9 Å². The summed E-state index contributed by atoms with van der Waals surface area (Å²) in [7, 11) is 1.77. The van der Waals surface area contributed by atoms with Gasteiger partial charge in [0, 0.05) is 23.0 Å². The first-order valence-corrected chi connectivity index (χ1v) is 8.43. The van der Waals surface area contributed by atoms with Gasteiger partial charge in [-0.05, 0) is 29.5 Å². The fraction of sp³-hybridized carbons (Fsp3) is 0.182. The molecule has 0 amide bonds. The van der Waals surface area contributed by atoms with Crippen molar-refractivity contribution in [3.05, 3.63) is 78.0 Å². The Morgan fingerprint density at radius 1 is 0.875 bits per heavy atom. The molecule has 4 rings (SSSR count). The molecular formula is C22H21NO. The second-order valence-electron chi connectivity index (χ2n) is 6.12. The van der Waals surface area contributed by atoms with Gasteiger partial charge in [-0.1, -0.05) is 61.5 Å². The summed E-state index contributed by atoms with van der Waals surface area (Å²) in [6.07, 6.45) is 1.00. The van der Waals surface area contributed by atoms with Gasteiger partial charge in [0.15, 0.2) is 0 Å². The lowest BCUT2D eigenvalue weighted by Gasteiger charge is -2.12. The third kappa shape index (κ3) is 2.35. The quantitative estimate of drug-likeness (QED) is 0.491. The average Bonchev–Trinajstić information content (AvgIpc) is 2.98. The third-order valence-electron chi connectivity index (χ3n) is 4.72. The Labute approximate surface area is 142 Å². The number of aromatic nitrogens is 1. The van der Waals surface area contributed by atoms with Crippen molar-refractivity contribution >= 4 is 21.7 Å². The third-order valence-corrected chi connectivity index (χ3v) is 4.72. The van der Waals surface area contributed by atoms with Crippen molar-refractivity contribution in [1.29, 1.82) is 0 Å². The first kappa shape index (κ1) is 14.8. The summed E-state index contributed by atoms with van der Waals surface area (Å²) in [6.45, 7) is 3.09. The zero-order valence-electron chi connectivity index (χ0n) is 14.1. The number of hydrogen-bond acceptors (Lipinski definition) is 1. The molecule has 0 saturated carbocycles. The van der Waals surface area contributed by atoms with Crippen LogP contribution in [0.25, 0.3) is 21.7 Å². The number of ether oxygens (including phenoxy) is 1. The number of rotatable bonds is 4. The van der Waals surface area contributed by atoms with E-state index in [9.17, 15) is 0 Å². The molecule has 0 N–H and O–H groups in total. The molecule has 0 atom stereocenters. The average molecular weight is 315 g/mol. The maximum Gasteiger partial charge on any atom is 0.136 e. The van der Waals surface area contributed by atoms with Crippen LogP contribution in [0.5, 0.6) is 5.75 Å². The summed E-state index contributed by atoms with van der Waals surface area (Å²) in [5, 5.41) is 3.59. The number of benzene rings is 3. The van der Waals surface area contributed by atoms with Gasteiger partial charge < -0.3 is 9.30 Å². The molecular weight excluding hydrogens is 294 g/mol. The topological polar surface area (TPSA) is 14.2 Å². The Hall–Kier alpha value is -2.74. The highest BCUT2D eigenvalue weighted by Crippen LogP contribution is 2.37. The first-order valence-electron chi connectivity index (χ1n) is 8.43. The van der Waals surface area contributed by atoms with Crippen molar-refractivity contribution in [1.82, 2.24) is 4.57 Å². The smallest absolute Gasteiger partial charge is 0.136 e. The number of nitrogens with zero attached hydrogens (tertiary/aromatic N) is 1. The van der Waals surface area contributed by atoms with E-state index < -0.39 is 0 Å². The van der Waals surface area contributed by atoms with Crippen molar-refractivity contribution in [3.63, 3.8) is 0 Å². The Balaban J connectivity index is 2.00. The molecule has 0 unspecified atom stereocenters. The van der Waals surface area contributed by atoms with E-state index in [1.165, 1.54) is 32.9 Å². The van der Waals surface area contributed by atoms with Crippen LogP contribution in [0.15, 0.2) is 66.7 Å².